The second kappa shape index (κ2) is 7.08. The molecule has 0 aliphatic rings. The average molecular weight is 340 g/mol. The molecule has 0 amide bonds. The standard InChI is InChI=1S/C15H18BrNOS/c1-3-7-17-15(11-6-8-19-10-11)13-5-4-12(16)9-14(13)18-2/h4-6,8-10,15,17H,3,7H2,1-2H3. The second-order valence-corrected chi connectivity index (χ2v) is 6.03. The van der Waals surface area contributed by atoms with Crippen molar-refractivity contribution in [2.45, 2.75) is 19.4 Å². The van der Waals surface area contributed by atoms with E-state index in [2.05, 4.69) is 57.1 Å². The lowest BCUT2D eigenvalue weighted by atomic mass is 10.00. The lowest BCUT2D eigenvalue weighted by Gasteiger charge is -2.20. The molecular formula is C15H18BrNOS. The molecule has 1 N–H and O–H groups in total. The molecule has 1 atom stereocenters. The minimum absolute atomic E-state index is 0.189. The second-order valence-electron chi connectivity index (χ2n) is 4.33. The van der Waals surface area contributed by atoms with E-state index < -0.39 is 0 Å². The number of methoxy groups -OCH3 is 1. The number of hydrogen-bond donors (Lipinski definition) is 1. The summed E-state index contributed by atoms with van der Waals surface area (Å²) in [6.07, 6.45) is 1.11. The van der Waals surface area contributed by atoms with Crippen molar-refractivity contribution in [2.24, 2.45) is 0 Å². The summed E-state index contributed by atoms with van der Waals surface area (Å²) in [6.45, 7) is 3.16. The minimum Gasteiger partial charge on any atom is -0.496 e. The highest BCUT2D eigenvalue weighted by molar-refractivity contribution is 9.10. The SMILES string of the molecule is CCCNC(c1ccsc1)c1ccc(Br)cc1OC. The van der Waals surface area contributed by atoms with Crippen molar-refractivity contribution in [2.75, 3.05) is 13.7 Å². The summed E-state index contributed by atoms with van der Waals surface area (Å²) in [5.74, 6) is 0.911. The molecule has 19 heavy (non-hydrogen) atoms. The molecule has 0 saturated heterocycles. The molecule has 2 aromatic rings. The normalized spacial score (nSPS) is 12.4. The number of ether oxygens (including phenoxy) is 1. The molecular weight excluding hydrogens is 322 g/mol. The lowest BCUT2D eigenvalue weighted by Crippen LogP contribution is -2.23. The maximum atomic E-state index is 5.52. The Balaban J connectivity index is 2.37. The summed E-state index contributed by atoms with van der Waals surface area (Å²) in [7, 11) is 1.72. The molecule has 1 unspecified atom stereocenters. The van der Waals surface area contributed by atoms with Crippen LogP contribution in [-0.4, -0.2) is 13.7 Å². The van der Waals surface area contributed by atoms with E-state index in [-0.39, 0.29) is 6.04 Å². The Labute approximate surface area is 126 Å². The quantitative estimate of drug-likeness (QED) is 0.829. The van der Waals surface area contributed by atoms with Gasteiger partial charge in [0.05, 0.1) is 13.2 Å². The highest BCUT2D eigenvalue weighted by atomic mass is 79.9. The smallest absolute Gasteiger partial charge is 0.125 e. The molecule has 1 heterocycles. The fourth-order valence-corrected chi connectivity index (χ4v) is 3.08. The van der Waals surface area contributed by atoms with E-state index in [9.17, 15) is 0 Å². The van der Waals surface area contributed by atoms with Crippen LogP contribution in [0.4, 0.5) is 0 Å². The van der Waals surface area contributed by atoms with Crippen molar-refractivity contribution in [3.05, 3.63) is 50.6 Å². The van der Waals surface area contributed by atoms with Crippen LogP contribution in [0.2, 0.25) is 0 Å². The van der Waals surface area contributed by atoms with Gasteiger partial charge >= 0.3 is 0 Å². The van der Waals surface area contributed by atoms with Gasteiger partial charge in [-0.3, -0.25) is 0 Å². The van der Waals surface area contributed by atoms with Crippen LogP contribution in [0.25, 0.3) is 0 Å². The van der Waals surface area contributed by atoms with Crippen molar-refractivity contribution < 1.29 is 4.74 Å². The van der Waals surface area contributed by atoms with Gasteiger partial charge < -0.3 is 10.1 Å². The monoisotopic (exact) mass is 339 g/mol. The molecule has 0 spiro atoms. The van der Waals surface area contributed by atoms with Gasteiger partial charge in [-0.15, -0.1) is 0 Å². The highest BCUT2D eigenvalue weighted by Crippen LogP contribution is 2.33. The van der Waals surface area contributed by atoms with Crippen molar-refractivity contribution in [1.82, 2.24) is 5.32 Å². The van der Waals surface area contributed by atoms with E-state index >= 15 is 0 Å². The molecule has 0 bridgehead atoms. The topological polar surface area (TPSA) is 21.3 Å². The van der Waals surface area contributed by atoms with Gasteiger partial charge in [0.15, 0.2) is 0 Å². The zero-order valence-electron chi connectivity index (χ0n) is 11.2. The van der Waals surface area contributed by atoms with Crippen LogP contribution >= 0.6 is 27.3 Å². The molecule has 0 radical (unpaired) electrons. The van der Waals surface area contributed by atoms with Gasteiger partial charge in [0, 0.05) is 10.0 Å². The Hall–Kier alpha value is -0.840. The van der Waals surface area contributed by atoms with Gasteiger partial charge in [0.2, 0.25) is 0 Å². The summed E-state index contributed by atoms with van der Waals surface area (Å²) in [4.78, 5) is 0. The van der Waals surface area contributed by atoms with E-state index in [0.29, 0.717) is 0 Å². The molecule has 4 heteroatoms. The summed E-state index contributed by atoms with van der Waals surface area (Å²) in [5.41, 5.74) is 2.47. The minimum atomic E-state index is 0.189. The molecule has 0 aliphatic heterocycles. The summed E-state index contributed by atoms with van der Waals surface area (Å²) < 4.78 is 6.55. The van der Waals surface area contributed by atoms with Gasteiger partial charge in [-0.2, -0.15) is 11.3 Å². The number of nitrogens with one attached hydrogen (secondary N) is 1. The number of thiophene rings is 1. The summed E-state index contributed by atoms with van der Waals surface area (Å²) >= 11 is 5.21. The first kappa shape index (κ1) is 14.6. The summed E-state index contributed by atoms with van der Waals surface area (Å²) in [6, 6.07) is 8.55. The predicted octanol–water partition coefficient (Wildman–Crippen LogP) is 4.61. The number of hydrogen-bond acceptors (Lipinski definition) is 3. The van der Waals surface area contributed by atoms with Crippen LogP contribution in [0.3, 0.4) is 0 Å². The predicted molar refractivity (Wildman–Crippen MR) is 85.1 cm³/mol. The van der Waals surface area contributed by atoms with Gasteiger partial charge in [0.25, 0.3) is 0 Å². The molecule has 1 aromatic carbocycles. The van der Waals surface area contributed by atoms with E-state index in [1.165, 1.54) is 11.1 Å². The van der Waals surface area contributed by atoms with Crippen LogP contribution in [0.1, 0.15) is 30.5 Å². The van der Waals surface area contributed by atoms with Crippen molar-refractivity contribution in [3.8, 4) is 5.75 Å². The van der Waals surface area contributed by atoms with Crippen molar-refractivity contribution >= 4 is 27.3 Å². The third kappa shape index (κ3) is 3.59. The van der Waals surface area contributed by atoms with Crippen LogP contribution in [0.5, 0.6) is 5.75 Å². The van der Waals surface area contributed by atoms with E-state index in [1.54, 1.807) is 18.4 Å². The first-order chi connectivity index (χ1) is 9.26. The molecule has 0 saturated carbocycles. The van der Waals surface area contributed by atoms with E-state index in [4.69, 9.17) is 4.74 Å². The van der Waals surface area contributed by atoms with Crippen LogP contribution in [-0.2, 0) is 0 Å². The van der Waals surface area contributed by atoms with Gasteiger partial charge in [-0.25, -0.2) is 0 Å². The third-order valence-electron chi connectivity index (χ3n) is 2.98. The Morgan fingerprint density at radius 2 is 2.21 bits per heavy atom. The summed E-state index contributed by atoms with van der Waals surface area (Å²) in [5, 5.41) is 7.90. The van der Waals surface area contributed by atoms with E-state index in [1.807, 2.05) is 6.07 Å². The molecule has 102 valence electrons. The fraction of sp³-hybridized carbons (Fsp3) is 0.333. The lowest BCUT2D eigenvalue weighted by molar-refractivity contribution is 0.403. The Kier molecular flexibility index (Phi) is 5.43. The molecule has 0 aliphatic carbocycles. The van der Waals surface area contributed by atoms with E-state index in [0.717, 1.165) is 23.2 Å². The van der Waals surface area contributed by atoms with Gasteiger partial charge in [0.1, 0.15) is 5.75 Å². The molecule has 1 aromatic heterocycles. The third-order valence-corrected chi connectivity index (χ3v) is 4.18. The van der Waals surface area contributed by atoms with Gasteiger partial charge in [-0.1, -0.05) is 28.9 Å². The zero-order chi connectivity index (χ0) is 13.7. The molecule has 2 nitrogen and oxygen atoms in total. The van der Waals surface area contributed by atoms with Crippen LogP contribution in [0.15, 0.2) is 39.5 Å². The zero-order valence-corrected chi connectivity index (χ0v) is 13.6. The molecule has 0 fully saturated rings. The largest absolute Gasteiger partial charge is 0.496 e. The number of halogens is 1. The Morgan fingerprint density at radius 1 is 1.37 bits per heavy atom. The maximum absolute atomic E-state index is 5.52. The average Bonchev–Trinajstić information content (AvgIpc) is 2.94. The van der Waals surface area contributed by atoms with Crippen molar-refractivity contribution in [1.29, 1.82) is 0 Å². The maximum Gasteiger partial charge on any atom is 0.125 e. The number of rotatable bonds is 6. The fourth-order valence-electron chi connectivity index (χ4n) is 2.06. The Morgan fingerprint density at radius 3 is 2.84 bits per heavy atom. The first-order valence-electron chi connectivity index (χ1n) is 6.35. The van der Waals surface area contributed by atoms with Gasteiger partial charge in [-0.05, 0) is 47.5 Å². The van der Waals surface area contributed by atoms with Crippen molar-refractivity contribution in [3.63, 3.8) is 0 Å². The number of benzene rings is 1. The Bertz CT molecular complexity index is 513. The van der Waals surface area contributed by atoms with Crippen LogP contribution < -0.4 is 10.1 Å². The van der Waals surface area contributed by atoms with Crippen LogP contribution in [0, 0.1) is 0 Å². The molecule has 2 rings (SSSR count). The highest BCUT2D eigenvalue weighted by Gasteiger charge is 2.18. The first-order valence-corrected chi connectivity index (χ1v) is 8.08.